The molecule has 0 N–H and O–H groups in total. The Morgan fingerprint density at radius 1 is 1.00 bits per heavy atom. The molecule has 2 saturated heterocycles. The summed E-state index contributed by atoms with van der Waals surface area (Å²) in [5, 5.41) is 1.15. The van der Waals surface area contributed by atoms with Gasteiger partial charge in [-0.15, -0.1) is 0 Å². The topological polar surface area (TPSA) is 18.5 Å². The molecule has 0 aromatic carbocycles. The van der Waals surface area contributed by atoms with E-state index in [1.54, 1.807) is 12.1 Å². The summed E-state index contributed by atoms with van der Waals surface area (Å²) in [6, 6.07) is 3.20. The maximum Gasteiger partial charge on any atom is 0.151 e. The van der Waals surface area contributed by atoms with Gasteiger partial charge in [-0.25, -0.2) is 0 Å². The van der Waals surface area contributed by atoms with E-state index in [0.29, 0.717) is 0 Å². The minimum atomic E-state index is -1.05. The highest BCUT2D eigenvalue weighted by atomic mass is 127. The van der Waals surface area contributed by atoms with Crippen LogP contribution in [0.4, 0.5) is 0 Å². The van der Waals surface area contributed by atoms with Crippen molar-refractivity contribution in [1.29, 1.82) is 0 Å². The minimum Gasteiger partial charge on any atom is -0.427 e. The molecule has 0 radical (unpaired) electrons. The van der Waals surface area contributed by atoms with Gasteiger partial charge in [0.2, 0.25) is 0 Å². The summed E-state index contributed by atoms with van der Waals surface area (Å²) in [4.78, 5) is 0. The van der Waals surface area contributed by atoms with Gasteiger partial charge in [-0.05, 0) is 26.1 Å². The Hall–Kier alpha value is 2.25. The molecule has 8 heteroatoms. The standard InChI is InChI=1S/C11H26I2O2Si4/c1-2-11(18(9-12)7-3-5-14-16-18)19(10-13)8-4-6-15-17-19/h11H,2-10,16-17H2,1H3. The minimum absolute atomic E-state index is 0.205. The van der Waals surface area contributed by atoms with Crippen molar-refractivity contribution < 1.29 is 8.85 Å². The van der Waals surface area contributed by atoms with Crippen molar-refractivity contribution in [3.05, 3.63) is 0 Å². The number of rotatable bonds is 5. The third-order valence-corrected chi connectivity index (χ3v) is 47.4. The van der Waals surface area contributed by atoms with Gasteiger partial charge >= 0.3 is 0 Å². The van der Waals surface area contributed by atoms with Crippen molar-refractivity contribution in [2.24, 2.45) is 0 Å². The van der Waals surface area contributed by atoms with E-state index in [0.717, 1.165) is 18.4 Å². The highest BCUT2D eigenvalue weighted by molar-refractivity contribution is 14.1. The van der Waals surface area contributed by atoms with Crippen molar-refractivity contribution in [3.8, 4) is 0 Å². The molecule has 2 atom stereocenters. The molecule has 0 aromatic rings. The molecule has 2 fully saturated rings. The quantitative estimate of drug-likeness (QED) is 0.294. The molecule has 2 heterocycles. The average molecular weight is 556 g/mol. The summed E-state index contributed by atoms with van der Waals surface area (Å²) >= 11 is 5.46. The molecule has 0 amide bonds. The van der Waals surface area contributed by atoms with E-state index in [2.05, 4.69) is 52.1 Å². The Balaban J connectivity index is 2.24. The van der Waals surface area contributed by atoms with Crippen LogP contribution in [0, 0.1) is 0 Å². The monoisotopic (exact) mass is 556 g/mol. The fourth-order valence-electron chi connectivity index (χ4n) is 4.21. The van der Waals surface area contributed by atoms with E-state index in [1.807, 2.05) is 0 Å². The average Bonchev–Trinajstić information content (AvgIpc) is 2.50. The van der Waals surface area contributed by atoms with Crippen molar-refractivity contribution in [2.75, 3.05) is 21.3 Å². The van der Waals surface area contributed by atoms with E-state index in [9.17, 15) is 0 Å². The first-order valence-electron chi connectivity index (χ1n) is 7.50. The first-order valence-corrected chi connectivity index (χ1v) is 21.3. The zero-order valence-electron chi connectivity index (χ0n) is 11.9. The zero-order chi connectivity index (χ0) is 13.8. The Bertz CT molecular complexity index is 258. The number of hydrogen-bond donors (Lipinski definition) is 0. The molecule has 0 spiro atoms. The van der Waals surface area contributed by atoms with Crippen LogP contribution in [0.3, 0.4) is 0 Å². The molecule has 2 rings (SSSR count). The van der Waals surface area contributed by atoms with Crippen LogP contribution in [-0.4, -0.2) is 55.1 Å². The molecule has 2 nitrogen and oxygen atoms in total. The van der Waals surface area contributed by atoms with E-state index in [-0.39, 0.29) is 18.6 Å². The van der Waals surface area contributed by atoms with Crippen LogP contribution in [0.15, 0.2) is 0 Å². The van der Waals surface area contributed by atoms with Crippen molar-refractivity contribution >= 4 is 78.9 Å². The lowest BCUT2D eigenvalue weighted by atomic mass is 10.5. The van der Waals surface area contributed by atoms with Crippen molar-refractivity contribution in [2.45, 2.75) is 43.4 Å². The van der Waals surface area contributed by atoms with Crippen molar-refractivity contribution in [3.63, 3.8) is 0 Å². The van der Waals surface area contributed by atoms with Gasteiger partial charge in [0.1, 0.15) is 0 Å². The molecule has 112 valence electrons. The number of alkyl halides is 2. The van der Waals surface area contributed by atoms with Crippen LogP contribution in [0.5, 0.6) is 0 Å². The smallest absolute Gasteiger partial charge is 0.151 e. The Morgan fingerprint density at radius 3 is 1.74 bits per heavy atom. The van der Waals surface area contributed by atoms with E-state index in [1.165, 1.54) is 27.4 Å². The second kappa shape index (κ2) is 8.20. The summed E-state index contributed by atoms with van der Waals surface area (Å²) in [5.41, 5.74) is 0. The first-order chi connectivity index (χ1) is 9.23. The lowest BCUT2D eigenvalue weighted by molar-refractivity contribution is 0.330. The van der Waals surface area contributed by atoms with Gasteiger partial charge in [0.15, 0.2) is 18.6 Å². The molecular weight excluding hydrogens is 530 g/mol. The Kier molecular flexibility index (Phi) is 7.59. The molecule has 0 aliphatic carbocycles. The largest absolute Gasteiger partial charge is 0.427 e. The van der Waals surface area contributed by atoms with Crippen LogP contribution in [0.2, 0.25) is 17.3 Å². The Morgan fingerprint density at radius 2 is 1.47 bits per heavy atom. The SMILES string of the molecule is CCC([Si]1(CI)CCCO[SiH2]1)[Si]1(CI)CCCO[SiH2]1. The second-order valence-electron chi connectivity index (χ2n) is 6.27. The van der Waals surface area contributed by atoms with Gasteiger partial charge in [-0.1, -0.05) is 70.6 Å². The van der Waals surface area contributed by atoms with E-state index < -0.39 is 15.2 Å². The van der Waals surface area contributed by atoms with Crippen LogP contribution >= 0.6 is 45.2 Å². The van der Waals surface area contributed by atoms with E-state index >= 15 is 0 Å². The molecule has 2 unspecified atom stereocenters. The highest BCUT2D eigenvalue weighted by Crippen LogP contribution is 2.43. The molecule has 0 bridgehead atoms. The predicted molar refractivity (Wildman–Crippen MR) is 111 cm³/mol. The summed E-state index contributed by atoms with van der Waals surface area (Å²) in [5.74, 6) is 0. The third kappa shape index (κ3) is 3.78. The summed E-state index contributed by atoms with van der Waals surface area (Å²) in [6.07, 6.45) is 4.19. The van der Waals surface area contributed by atoms with Gasteiger partial charge in [0.05, 0.1) is 15.2 Å². The Labute approximate surface area is 151 Å². The van der Waals surface area contributed by atoms with Gasteiger partial charge in [-0.3, -0.25) is 0 Å². The molecule has 2 aliphatic rings. The van der Waals surface area contributed by atoms with Crippen molar-refractivity contribution in [1.82, 2.24) is 0 Å². The normalized spacial score (nSPS) is 40.6. The molecule has 0 aromatic heterocycles. The van der Waals surface area contributed by atoms with Gasteiger partial charge < -0.3 is 8.85 Å². The van der Waals surface area contributed by atoms with E-state index in [4.69, 9.17) is 8.85 Å². The molecule has 19 heavy (non-hydrogen) atoms. The lowest BCUT2D eigenvalue weighted by Crippen LogP contribution is -2.66. The molecular formula is C11H26I2O2Si4. The maximum absolute atomic E-state index is 6.13. The second-order valence-corrected chi connectivity index (χ2v) is 31.4. The fourth-order valence-corrected chi connectivity index (χ4v) is 50.9. The maximum atomic E-state index is 6.13. The summed E-state index contributed by atoms with van der Waals surface area (Å²) in [6.45, 7) is 4.65. The van der Waals surface area contributed by atoms with Crippen LogP contribution in [-0.2, 0) is 8.85 Å². The van der Waals surface area contributed by atoms with Crippen LogP contribution in [0.25, 0.3) is 0 Å². The fraction of sp³-hybridized carbons (Fsp3) is 1.00. The lowest BCUT2D eigenvalue weighted by Gasteiger charge is -2.50. The van der Waals surface area contributed by atoms with Crippen LogP contribution < -0.4 is 0 Å². The third-order valence-electron chi connectivity index (χ3n) is 5.12. The molecule has 0 saturated carbocycles. The van der Waals surface area contributed by atoms with Gasteiger partial charge in [0.25, 0.3) is 0 Å². The zero-order valence-corrected chi connectivity index (χ0v) is 21.1. The van der Waals surface area contributed by atoms with Crippen LogP contribution in [0.1, 0.15) is 26.2 Å². The summed E-state index contributed by atoms with van der Waals surface area (Å²) in [7, 11) is -2.51. The predicted octanol–water partition coefficient (Wildman–Crippen LogP) is 2.15. The molecule has 2 aliphatic heterocycles. The number of halogens is 2. The highest BCUT2D eigenvalue weighted by Gasteiger charge is 2.53. The summed E-state index contributed by atoms with van der Waals surface area (Å²) < 4.78 is 15.2. The van der Waals surface area contributed by atoms with Gasteiger partial charge in [0, 0.05) is 13.2 Å². The van der Waals surface area contributed by atoms with Gasteiger partial charge in [-0.2, -0.15) is 0 Å². The first kappa shape index (κ1) is 17.6. The number of hydrogen-bond acceptors (Lipinski definition) is 2.